The van der Waals surface area contributed by atoms with Gasteiger partial charge >= 0.3 is 23.9 Å². The summed E-state index contributed by atoms with van der Waals surface area (Å²) in [6, 6.07) is 13.4. The van der Waals surface area contributed by atoms with Gasteiger partial charge in [-0.15, -0.1) is 0 Å². The zero-order valence-electron chi connectivity index (χ0n) is 20.9. The van der Waals surface area contributed by atoms with E-state index in [9.17, 15) is 59.8 Å². The molecule has 4 aromatic rings. The van der Waals surface area contributed by atoms with Gasteiger partial charge in [0.05, 0.1) is 43.2 Å². The summed E-state index contributed by atoms with van der Waals surface area (Å²) in [6.07, 6.45) is 0. The van der Waals surface area contributed by atoms with Crippen molar-refractivity contribution in [1.29, 1.82) is 0 Å². The minimum absolute atomic E-state index is 0.0411. The summed E-state index contributed by atoms with van der Waals surface area (Å²) in [7, 11) is 0. The number of nitrogens with zero attached hydrogens (tertiary/aromatic N) is 2. The minimum atomic E-state index is -1.43. The Morgan fingerprint density at radius 1 is 0.452 bits per heavy atom. The second kappa shape index (κ2) is 11.0. The van der Waals surface area contributed by atoms with Gasteiger partial charge in [-0.3, -0.25) is 20.2 Å². The largest absolute Gasteiger partial charge is 0.478 e. The molecule has 42 heavy (non-hydrogen) atoms. The molecule has 0 spiro atoms. The van der Waals surface area contributed by atoms with Crippen LogP contribution in [-0.2, 0) is 0 Å². The third-order valence-electron chi connectivity index (χ3n) is 6.20. The Hall–Kier alpha value is -6.44. The molecule has 0 fully saturated rings. The van der Waals surface area contributed by atoms with Crippen molar-refractivity contribution in [2.24, 2.45) is 0 Å². The standard InChI is InChI=1S/C28H16N2O12/c31-25(32)17-5-15(6-18(9-17)26(33)34)13-1-3-21(23(11-13)29(39)40)22-4-2-14(12-24(22)30(41)42)16-7-19(27(35)36)10-20(8-16)28(37)38/h1-12H,(H,31,32)(H,33,34)(H,35,36)(H,37,38). The maximum atomic E-state index is 12.0. The van der Waals surface area contributed by atoms with Crippen molar-refractivity contribution in [2.45, 2.75) is 0 Å². The number of aromatic carboxylic acids is 4. The van der Waals surface area contributed by atoms with Crippen LogP contribution >= 0.6 is 0 Å². The molecule has 0 saturated heterocycles. The third-order valence-corrected chi connectivity index (χ3v) is 6.20. The molecule has 0 aliphatic rings. The number of nitro groups is 2. The van der Waals surface area contributed by atoms with Crippen LogP contribution in [0.15, 0.2) is 72.8 Å². The van der Waals surface area contributed by atoms with Crippen LogP contribution in [-0.4, -0.2) is 54.1 Å². The second-order valence-corrected chi connectivity index (χ2v) is 8.80. The highest BCUT2D eigenvalue weighted by Gasteiger charge is 2.25. The van der Waals surface area contributed by atoms with Crippen LogP contribution in [0.25, 0.3) is 33.4 Å². The van der Waals surface area contributed by atoms with Gasteiger partial charge in [-0.2, -0.15) is 0 Å². The fraction of sp³-hybridized carbons (Fsp3) is 0. The molecule has 0 unspecified atom stereocenters. The zero-order chi connectivity index (χ0) is 30.9. The van der Waals surface area contributed by atoms with E-state index in [-0.39, 0.29) is 55.6 Å². The fourth-order valence-corrected chi connectivity index (χ4v) is 4.26. The van der Waals surface area contributed by atoms with Crippen LogP contribution in [0.5, 0.6) is 0 Å². The van der Waals surface area contributed by atoms with Crippen LogP contribution in [0.3, 0.4) is 0 Å². The Bertz CT molecular complexity index is 1660. The molecule has 4 aromatic carbocycles. The number of benzene rings is 4. The predicted octanol–water partition coefficient (Wildman–Crippen LogP) is 5.30. The number of carbonyl (C=O) groups is 4. The fourth-order valence-electron chi connectivity index (χ4n) is 4.26. The molecule has 4 N–H and O–H groups in total. The topological polar surface area (TPSA) is 235 Å². The lowest BCUT2D eigenvalue weighted by molar-refractivity contribution is -0.386. The SMILES string of the molecule is O=C(O)c1cc(C(=O)O)cc(-c2ccc(-c3ccc(-c4cc(C(=O)O)cc(C(=O)O)c4)cc3[N+](=O)[O-])c([N+](=O)[O-])c2)c1. The first-order valence-corrected chi connectivity index (χ1v) is 11.6. The number of hydrogen-bond acceptors (Lipinski definition) is 8. The molecule has 0 aliphatic heterocycles. The van der Waals surface area contributed by atoms with E-state index in [1.54, 1.807) is 0 Å². The molecule has 14 nitrogen and oxygen atoms in total. The summed E-state index contributed by atoms with van der Waals surface area (Å²) in [4.78, 5) is 68.4. The van der Waals surface area contributed by atoms with Crippen molar-refractivity contribution in [1.82, 2.24) is 0 Å². The lowest BCUT2D eigenvalue weighted by Crippen LogP contribution is -2.03. The molecule has 0 aliphatic carbocycles. The summed E-state index contributed by atoms with van der Waals surface area (Å²) in [5, 5.41) is 61.5. The molecule has 210 valence electrons. The molecule has 4 rings (SSSR count). The first-order chi connectivity index (χ1) is 19.8. The average Bonchev–Trinajstić information content (AvgIpc) is 2.95. The summed E-state index contributed by atoms with van der Waals surface area (Å²) in [5.41, 5.74) is -2.88. The van der Waals surface area contributed by atoms with Crippen LogP contribution in [0.4, 0.5) is 11.4 Å². The van der Waals surface area contributed by atoms with Gasteiger partial charge in [0.1, 0.15) is 0 Å². The summed E-state index contributed by atoms with van der Waals surface area (Å²) in [6.45, 7) is 0. The number of carboxylic acid groups (broad SMARTS) is 4. The molecule has 0 atom stereocenters. The quantitative estimate of drug-likeness (QED) is 0.148. The molecular weight excluding hydrogens is 556 g/mol. The summed E-state index contributed by atoms with van der Waals surface area (Å²) >= 11 is 0. The van der Waals surface area contributed by atoms with Crippen molar-refractivity contribution in [3.8, 4) is 33.4 Å². The van der Waals surface area contributed by atoms with Crippen LogP contribution in [0.2, 0.25) is 0 Å². The second-order valence-electron chi connectivity index (χ2n) is 8.80. The Morgan fingerprint density at radius 2 is 0.738 bits per heavy atom. The van der Waals surface area contributed by atoms with Crippen LogP contribution < -0.4 is 0 Å². The minimum Gasteiger partial charge on any atom is -0.478 e. The highest BCUT2D eigenvalue weighted by molar-refractivity contribution is 5.98. The summed E-state index contributed by atoms with van der Waals surface area (Å²) < 4.78 is 0. The maximum absolute atomic E-state index is 12.0. The molecule has 0 amide bonds. The highest BCUT2D eigenvalue weighted by Crippen LogP contribution is 2.40. The first-order valence-electron chi connectivity index (χ1n) is 11.6. The van der Waals surface area contributed by atoms with Crippen LogP contribution in [0, 0.1) is 20.2 Å². The zero-order valence-corrected chi connectivity index (χ0v) is 20.9. The van der Waals surface area contributed by atoms with Gasteiger partial charge in [0, 0.05) is 12.1 Å². The average molecular weight is 572 g/mol. The van der Waals surface area contributed by atoms with Gasteiger partial charge in [-0.25, -0.2) is 19.2 Å². The van der Waals surface area contributed by atoms with Gasteiger partial charge in [0.15, 0.2) is 0 Å². The van der Waals surface area contributed by atoms with E-state index in [0.717, 1.165) is 48.5 Å². The van der Waals surface area contributed by atoms with E-state index < -0.39 is 45.1 Å². The Balaban J connectivity index is 1.89. The maximum Gasteiger partial charge on any atom is 0.335 e. The molecule has 0 aromatic heterocycles. The van der Waals surface area contributed by atoms with Gasteiger partial charge < -0.3 is 20.4 Å². The van der Waals surface area contributed by atoms with E-state index in [1.165, 1.54) is 24.3 Å². The first kappa shape index (κ1) is 28.6. The van der Waals surface area contributed by atoms with Gasteiger partial charge in [0.2, 0.25) is 0 Å². The molecule has 0 heterocycles. The van der Waals surface area contributed by atoms with Crippen molar-refractivity contribution in [3.63, 3.8) is 0 Å². The highest BCUT2D eigenvalue weighted by atomic mass is 16.6. The lowest BCUT2D eigenvalue weighted by atomic mass is 9.93. The number of nitro benzene ring substituents is 2. The molecule has 0 radical (unpaired) electrons. The van der Waals surface area contributed by atoms with Gasteiger partial charge in [0.25, 0.3) is 11.4 Å². The Kier molecular flexibility index (Phi) is 7.46. The van der Waals surface area contributed by atoms with Crippen LogP contribution in [0.1, 0.15) is 41.4 Å². The van der Waals surface area contributed by atoms with Crippen molar-refractivity contribution >= 4 is 35.3 Å². The Labute approximate surface area is 233 Å². The normalized spacial score (nSPS) is 10.6. The number of hydrogen-bond donors (Lipinski definition) is 4. The van der Waals surface area contributed by atoms with Crippen molar-refractivity contribution in [2.75, 3.05) is 0 Å². The third kappa shape index (κ3) is 5.62. The number of carboxylic acids is 4. The molecule has 0 saturated carbocycles. The van der Waals surface area contributed by atoms with E-state index in [1.807, 2.05) is 0 Å². The monoisotopic (exact) mass is 572 g/mol. The van der Waals surface area contributed by atoms with Crippen molar-refractivity contribution < 1.29 is 49.5 Å². The summed E-state index contributed by atoms with van der Waals surface area (Å²) in [5.74, 6) is -5.70. The van der Waals surface area contributed by atoms with E-state index in [0.29, 0.717) is 0 Å². The van der Waals surface area contributed by atoms with Gasteiger partial charge in [-0.05, 0) is 70.8 Å². The van der Waals surface area contributed by atoms with Gasteiger partial charge in [-0.1, -0.05) is 12.1 Å². The number of rotatable bonds is 9. The van der Waals surface area contributed by atoms with Crippen molar-refractivity contribution in [3.05, 3.63) is 115 Å². The van der Waals surface area contributed by atoms with E-state index in [4.69, 9.17) is 0 Å². The van der Waals surface area contributed by atoms with E-state index >= 15 is 0 Å². The molecule has 0 bridgehead atoms. The van der Waals surface area contributed by atoms with E-state index in [2.05, 4.69) is 0 Å². The molecule has 14 heteroatoms. The Morgan fingerprint density at radius 3 is 0.976 bits per heavy atom. The smallest absolute Gasteiger partial charge is 0.335 e. The molecular formula is C28H16N2O12. The lowest BCUT2D eigenvalue weighted by Gasteiger charge is -2.11. The predicted molar refractivity (Wildman–Crippen MR) is 144 cm³/mol.